The second kappa shape index (κ2) is 6.39. The predicted octanol–water partition coefficient (Wildman–Crippen LogP) is 2.11. The molecule has 0 aliphatic carbocycles. The molecule has 1 heterocycles. The van der Waals surface area contributed by atoms with Gasteiger partial charge in [0.15, 0.2) is 0 Å². The highest BCUT2D eigenvalue weighted by atomic mass is 32.2. The number of para-hydroxylation sites is 1. The Labute approximate surface area is 119 Å². The van der Waals surface area contributed by atoms with Crippen LogP contribution in [-0.2, 0) is 21.3 Å². The number of ether oxygens (including phenoxy) is 1. The minimum Gasteiger partial charge on any atom is -0.380 e. The highest BCUT2D eigenvalue weighted by Crippen LogP contribution is 2.24. The number of primary sulfonamides is 1. The molecule has 0 aliphatic rings. The van der Waals surface area contributed by atoms with Gasteiger partial charge >= 0.3 is 0 Å². The Balaban J connectivity index is 2.21. The molecule has 0 atom stereocenters. The molecule has 2 rings (SSSR count). The highest BCUT2D eigenvalue weighted by molar-refractivity contribution is 7.89. The van der Waals surface area contributed by atoms with E-state index in [1.807, 2.05) is 16.7 Å². The first-order valence-electron chi connectivity index (χ1n) is 6.72. The number of sulfonamides is 1. The lowest BCUT2D eigenvalue weighted by molar-refractivity contribution is 0.124. The fraction of sp³-hybridized carbons (Fsp3) is 0.429. The molecule has 0 bridgehead atoms. The van der Waals surface area contributed by atoms with Crippen molar-refractivity contribution in [3.63, 3.8) is 0 Å². The Hall–Kier alpha value is -1.37. The largest absolute Gasteiger partial charge is 0.380 e. The summed E-state index contributed by atoms with van der Waals surface area (Å²) in [5.74, 6) is 0. The van der Waals surface area contributed by atoms with Crippen LogP contribution >= 0.6 is 0 Å². The number of fused-ring (bicyclic) bond motifs is 1. The summed E-state index contributed by atoms with van der Waals surface area (Å²) in [7, 11) is -3.71. The van der Waals surface area contributed by atoms with E-state index in [0.717, 1.165) is 25.0 Å². The van der Waals surface area contributed by atoms with Crippen molar-refractivity contribution < 1.29 is 13.2 Å². The van der Waals surface area contributed by atoms with Crippen LogP contribution in [0.25, 0.3) is 10.9 Å². The first-order chi connectivity index (χ1) is 9.54. The number of nitrogens with two attached hydrogens (primary N) is 1. The SMILES string of the molecule is CCCCOCCn1cc(S(N)(=O)=O)c2ccccc21. The number of nitrogens with zero attached hydrogens (tertiary/aromatic N) is 1. The van der Waals surface area contributed by atoms with Crippen molar-refractivity contribution >= 4 is 20.9 Å². The minimum atomic E-state index is -3.71. The summed E-state index contributed by atoms with van der Waals surface area (Å²) < 4.78 is 30.6. The quantitative estimate of drug-likeness (QED) is 0.795. The Morgan fingerprint density at radius 1 is 1.25 bits per heavy atom. The molecule has 1 aromatic carbocycles. The van der Waals surface area contributed by atoms with Gasteiger partial charge in [-0.2, -0.15) is 0 Å². The van der Waals surface area contributed by atoms with Gasteiger partial charge in [0, 0.05) is 30.3 Å². The number of hydrogen-bond donors (Lipinski definition) is 1. The summed E-state index contributed by atoms with van der Waals surface area (Å²) in [6, 6.07) is 7.34. The summed E-state index contributed by atoms with van der Waals surface area (Å²) in [6.45, 7) is 4.02. The molecule has 1 aromatic heterocycles. The Morgan fingerprint density at radius 3 is 2.70 bits per heavy atom. The van der Waals surface area contributed by atoms with Crippen LogP contribution in [0.5, 0.6) is 0 Å². The number of unbranched alkanes of at least 4 members (excludes halogenated alkanes) is 1. The van der Waals surface area contributed by atoms with Crippen molar-refractivity contribution in [3.05, 3.63) is 30.5 Å². The Kier molecular flexibility index (Phi) is 4.80. The number of rotatable bonds is 7. The van der Waals surface area contributed by atoms with Crippen molar-refractivity contribution in [1.82, 2.24) is 4.57 Å². The molecule has 0 unspecified atom stereocenters. The molecule has 6 heteroatoms. The first-order valence-corrected chi connectivity index (χ1v) is 8.27. The summed E-state index contributed by atoms with van der Waals surface area (Å²) in [4.78, 5) is 0.168. The molecule has 0 fully saturated rings. The normalized spacial score (nSPS) is 12.1. The third-order valence-electron chi connectivity index (χ3n) is 3.18. The average Bonchev–Trinajstić information content (AvgIpc) is 2.78. The maximum Gasteiger partial charge on any atom is 0.240 e. The van der Waals surface area contributed by atoms with E-state index in [9.17, 15) is 8.42 Å². The first kappa shape index (κ1) is 15.0. The van der Waals surface area contributed by atoms with E-state index in [1.165, 1.54) is 0 Å². The van der Waals surface area contributed by atoms with Crippen molar-refractivity contribution in [2.24, 2.45) is 5.14 Å². The van der Waals surface area contributed by atoms with E-state index in [4.69, 9.17) is 9.88 Å². The van der Waals surface area contributed by atoms with Gasteiger partial charge in [-0.15, -0.1) is 0 Å². The smallest absolute Gasteiger partial charge is 0.240 e. The van der Waals surface area contributed by atoms with E-state index in [-0.39, 0.29) is 4.90 Å². The Bertz CT molecular complexity index is 677. The standard InChI is InChI=1S/C14H20N2O3S/c1-2-3-9-19-10-8-16-11-14(20(15,17)18)12-6-4-5-7-13(12)16/h4-7,11H,2-3,8-10H2,1H3,(H2,15,17,18). The topological polar surface area (TPSA) is 74.3 Å². The zero-order valence-corrected chi connectivity index (χ0v) is 12.4. The van der Waals surface area contributed by atoms with E-state index in [1.54, 1.807) is 18.3 Å². The second-order valence-corrected chi connectivity index (χ2v) is 6.24. The average molecular weight is 296 g/mol. The van der Waals surface area contributed by atoms with Gasteiger partial charge in [-0.3, -0.25) is 0 Å². The van der Waals surface area contributed by atoms with Crippen molar-refractivity contribution in [1.29, 1.82) is 0 Å². The molecule has 0 spiro atoms. The molecule has 5 nitrogen and oxygen atoms in total. The van der Waals surface area contributed by atoms with Gasteiger partial charge in [-0.1, -0.05) is 31.5 Å². The summed E-state index contributed by atoms with van der Waals surface area (Å²) in [5.41, 5.74) is 0.857. The maximum absolute atomic E-state index is 11.6. The molecule has 0 aliphatic heterocycles. The van der Waals surface area contributed by atoms with Crippen LogP contribution < -0.4 is 5.14 Å². The van der Waals surface area contributed by atoms with E-state index >= 15 is 0 Å². The number of benzene rings is 1. The van der Waals surface area contributed by atoms with Gasteiger partial charge < -0.3 is 9.30 Å². The highest BCUT2D eigenvalue weighted by Gasteiger charge is 2.16. The summed E-state index contributed by atoms with van der Waals surface area (Å²) in [5, 5.41) is 5.91. The van der Waals surface area contributed by atoms with Gasteiger partial charge in [-0.25, -0.2) is 13.6 Å². The molecular formula is C14H20N2O3S. The second-order valence-electron chi connectivity index (χ2n) is 4.71. The number of hydrogen-bond acceptors (Lipinski definition) is 3. The van der Waals surface area contributed by atoms with Crippen LogP contribution in [0.15, 0.2) is 35.4 Å². The van der Waals surface area contributed by atoms with E-state index in [0.29, 0.717) is 18.5 Å². The van der Waals surface area contributed by atoms with Crippen molar-refractivity contribution in [3.8, 4) is 0 Å². The van der Waals surface area contributed by atoms with Gasteiger partial charge in [0.05, 0.1) is 6.61 Å². The molecule has 0 saturated carbocycles. The summed E-state index contributed by atoms with van der Waals surface area (Å²) >= 11 is 0. The van der Waals surface area contributed by atoms with E-state index in [2.05, 4.69) is 6.92 Å². The zero-order chi connectivity index (χ0) is 14.6. The third kappa shape index (κ3) is 3.39. The van der Waals surface area contributed by atoms with Gasteiger partial charge in [-0.05, 0) is 12.5 Å². The molecule has 0 radical (unpaired) electrons. The molecule has 0 amide bonds. The Morgan fingerprint density at radius 2 is 2.00 bits per heavy atom. The van der Waals surface area contributed by atoms with Crippen LogP contribution in [0.3, 0.4) is 0 Å². The van der Waals surface area contributed by atoms with Crippen LogP contribution in [0.2, 0.25) is 0 Å². The predicted molar refractivity (Wildman–Crippen MR) is 79.0 cm³/mol. The molecule has 2 N–H and O–H groups in total. The van der Waals surface area contributed by atoms with Crippen LogP contribution in [-0.4, -0.2) is 26.2 Å². The zero-order valence-electron chi connectivity index (χ0n) is 11.6. The molecule has 110 valence electrons. The van der Waals surface area contributed by atoms with E-state index < -0.39 is 10.0 Å². The third-order valence-corrected chi connectivity index (χ3v) is 4.12. The number of aromatic nitrogens is 1. The fourth-order valence-corrected chi connectivity index (χ4v) is 2.89. The molecule has 0 saturated heterocycles. The minimum absolute atomic E-state index is 0.168. The lowest BCUT2D eigenvalue weighted by atomic mass is 10.2. The van der Waals surface area contributed by atoms with Gasteiger partial charge in [0.2, 0.25) is 10.0 Å². The molecule has 2 aromatic rings. The van der Waals surface area contributed by atoms with Gasteiger partial charge in [0.1, 0.15) is 4.90 Å². The fourth-order valence-electron chi connectivity index (χ4n) is 2.14. The molecular weight excluding hydrogens is 276 g/mol. The van der Waals surface area contributed by atoms with Crippen LogP contribution in [0.1, 0.15) is 19.8 Å². The monoisotopic (exact) mass is 296 g/mol. The molecule has 20 heavy (non-hydrogen) atoms. The van der Waals surface area contributed by atoms with Gasteiger partial charge in [0.25, 0.3) is 0 Å². The van der Waals surface area contributed by atoms with Crippen molar-refractivity contribution in [2.45, 2.75) is 31.2 Å². The summed E-state index contributed by atoms with van der Waals surface area (Å²) in [6.07, 6.45) is 3.72. The van der Waals surface area contributed by atoms with Crippen molar-refractivity contribution in [2.75, 3.05) is 13.2 Å². The maximum atomic E-state index is 11.6. The lowest BCUT2D eigenvalue weighted by Crippen LogP contribution is -2.12. The lowest BCUT2D eigenvalue weighted by Gasteiger charge is -2.06. The van der Waals surface area contributed by atoms with Crippen LogP contribution in [0, 0.1) is 0 Å². The van der Waals surface area contributed by atoms with Crippen LogP contribution in [0.4, 0.5) is 0 Å².